The Morgan fingerprint density at radius 3 is 2.48 bits per heavy atom. The van der Waals surface area contributed by atoms with Crippen molar-refractivity contribution in [2.45, 2.75) is 13.0 Å². The summed E-state index contributed by atoms with van der Waals surface area (Å²) in [6, 6.07) is 20.5. The van der Waals surface area contributed by atoms with Gasteiger partial charge >= 0.3 is 5.69 Å². The van der Waals surface area contributed by atoms with E-state index in [0.29, 0.717) is 34.7 Å². The summed E-state index contributed by atoms with van der Waals surface area (Å²) in [5, 5.41) is 12.3. The van der Waals surface area contributed by atoms with Crippen LogP contribution in [0.3, 0.4) is 0 Å². The fraction of sp³-hybridized carbons (Fsp3) is 0.130. The molecule has 0 aliphatic heterocycles. The molecule has 0 spiro atoms. The monoisotopic (exact) mass is 435 g/mol. The number of nitro groups is 1. The molecule has 0 unspecified atom stereocenters. The van der Waals surface area contributed by atoms with Crippen LogP contribution in [-0.4, -0.2) is 21.1 Å². The lowest BCUT2D eigenvalue weighted by Gasteiger charge is -2.14. The van der Waals surface area contributed by atoms with E-state index in [1.165, 1.54) is 6.07 Å². The van der Waals surface area contributed by atoms with Crippen LogP contribution in [0.1, 0.15) is 6.42 Å². The molecule has 0 aliphatic rings. The van der Waals surface area contributed by atoms with Crippen molar-refractivity contribution in [3.8, 4) is 17.1 Å². The summed E-state index contributed by atoms with van der Waals surface area (Å²) in [7, 11) is 0. The Kier molecular flexibility index (Phi) is 5.95. The fourth-order valence-corrected chi connectivity index (χ4v) is 3.46. The summed E-state index contributed by atoms with van der Waals surface area (Å²) in [6.45, 7) is 0.555. The van der Waals surface area contributed by atoms with Gasteiger partial charge in [0.2, 0.25) is 0 Å². The van der Waals surface area contributed by atoms with Gasteiger partial charge in [0.15, 0.2) is 5.75 Å². The van der Waals surface area contributed by atoms with E-state index in [0.717, 1.165) is 5.56 Å². The number of aromatic nitrogens is 2. The van der Waals surface area contributed by atoms with Gasteiger partial charge in [-0.3, -0.25) is 19.5 Å². The largest absolute Gasteiger partial charge is 0.487 e. The van der Waals surface area contributed by atoms with Gasteiger partial charge in [-0.15, -0.1) is 0 Å². The molecule has 0 saturated carbocycles. The molecular weight excluding hydrogens is 418 g/mol. The molecular formula is C23H18ClN3O4. The minimum absolute atomic E-state index is 0.0890. The summed E-state index contributed by atoms with van der Waals surface area (Å²) in [6.07, 6.45) is 0.465. The van der Waals surface area contributed by atoms with Crippen molar-refractivity contribution in [2.24, 2.45) is 0 Å². The highest BCUT2D eigenvalue weighted by molar-refractivity contribution is 6.30. The maximum absolute atomic E-state index is 13.2. The molecule has 4 aromatic rings. The molecule has 31 heavy (non-hydrogen) atoms. The third-order valence-electron chi connectivity index (χ3n) is 4.81. The molecule has 0 fully saturated rings. The Labute approximate surface area is 182 Å². The predicted octanol–water partition coefficient (Wildman–Crippen LogP) is 5.09. The van der Waals surface area contributed by atoms with Gasteiger partial charge < -0.3 is 4.74 Å². The number of hydrogen-bond donors (Lipinski definition) is 0. The van der Waals surface area contributed by atoms with Gasteiger partial charge in [-0.05, 0) is 48.9 Å². The zero-order chi connectivity index (χ0) is 21.8. The number of halogens is 1. The van der Waals surface area contributed by atoms with E-state index >= 15 is 0 Å². The molecule has 0 radical (unpaired) electrons. The summed E-state index contributed by atoms with van der Waals surface area (Å²) in [5.74, 6) is 0.737. The first-order valence-electron chi connectivity index (χ1n) is 9.66. The molecule has 1 aromatic heterocycles. The first-order valence-corrected chi connectivity index (χ1v) is 10.0. The van der Waals surface area contributed by atoms with Crippen molar-refractivity contribution in [2.75, 3.05) is 6.61 Å². The molecule has 1 heterocycles. The van der Waals surface area contributed by atoms with Crippen LogP contribution in [0.25, 0.3) is 22.3 Å². The lowest BCUT2D eigenvalue weighted by molar-refractivity contribution is -0.385. The van der Waals surface area contributed by atoms with Crippen LogP contribution < -0.4 is 10.3 Å². The van der Waals surface area contributed by atoms with Crippen LogP contribution in [0.4, 0.5) is 5.69 Å². The molecule has 3 aromatic carbocycles. The Balaban J connectivity index is 1.61. The molecule has 0 N–H and O–H groups in total. The van der Waals surface area contributed by atoms with Crippen LogP contribution in [0.2, 0.25) is 5.02 Å². The topological polar surface area (TPSA) is 87.3 Å². The molecule has 0 saturated heterocycles. The van der Waals surface area contributed by atoms with Gasteiger partial charge in [0.05, 0.1) is 22.4 Å². The molecule has 4 rings (SSSR count). The number of benzene rings is 3. The number of hydrogen-bond acceptors (Lipinski definition) is 5. The van der Waals surface area contributed by atoms with Crippen LogP contribution in [0, 0.1) is 10.1 Å². The lowest BCUT2D eigenvalue weighted by Crippen LogP contribution is -2.24. The van der Waals surface area contributed by atoms with E-state index in [-0.39, 0.29) is 23.6 Å². The molecule has 7 nitrogen and oxygen atoms in total. The van der Waals surface area contributed by atoms with Crippen molar-refractivity contribution in [1.29, 1.82) is 0 Å². The van der Waals surface area contributed by atoms with Crippen molar-refractivity contribution in [1.82, 2.24) is 9.55 Å². The van der Waals surface area contributed by atoms with E-state index in [1.807, 2.05) is 18.2 Å². The Morgan fingerprint density at radius 1 is 1.00 bits per heavy atom. The van der Waals surface area contributed by atoms with Crippen molar-refractivity contribution < 1.29 is 9.66 Å². The Morgan fingerprint density at radius 2 is 1.71 bits per heavy atom. The molecule has 156 valence electrons. The molecule has 0 atom stereocenters. The Hall–Kier alpha value is -3.71. The normalized spacial score (nSPS) is 10.9. The lowest BCUT2D eigenvalue weighted by atomic mass is 10.1. The zero-order valence-corrected chi connectivity index (χ0v) is 17.2. The van der Waals surface area contributed by atoms with Crippen molar-refractivity contribution >= 4 is 28.2 Å². The maximum atomic E-state index is 13.2. The van der Waals surface area contributed by atoms with Crippen LogP contribution in [-0.2, 0) is 6.54 Å². The number of nitrogens with zero attached hydrogens (tertiary/aromatic N) is 3. The Bertz CT molecular complexity index is 1300. The minimum Gasteiger partial charge on any atom is -0.487 e. The second-order valence-corrected chi connectivity index (χ2v) is 7.28. The smallest absolute Gasteiger partial charge is 0.310 e. The second kappa shape index (κ2) is 8.97. The first kappa shape index (κ1) is 20.6. The number of para-hydroxylation sites is 3. The van der Waals surface area contributed by atoms with E-state index in [9.17, 15) is 14.9 Å². The second-order valence-electron chi connectivity index (χ2n) is 6.84. The van der Waals surface area contributed by atoms with Gasteiger partial charge in [0.1, 0.15) is 5.82 Å². The number of fused-ring (bicyclic) bond motifs is 1. The van der Waals surface area contributed by atoms with Gasteiger partial charge in [-0.2, -0.15) is 0 Å². The SMILES string of the molecule is O=c1c2ccccc2nc(-c2ccc(Cl)cc2)n1CCCOc1ccccc1[N+](=O)[O-]. The van der Waals surface area contributed by atoms with E-state index in [2.05, 4.69) is 0 Å². The molecule has 0 bridgehead atoms. The average molecular weight is 436 g/mol. The summed E-state index contributed by atoms with van der Waals surface area (Å²) < 4.78 is 7.22. The van der Waals surface area contributed by atoms with Crippen molar-refractivity contribution in [3.05, 3.63) is 98.3 Å². The van der Waals surface area contributed by atoms with E-state index in [1.54, 1.807) is 53.1 Å². The summed E-state index contributed by atoms with van der Waals surface area (Å²) in [5.41, 5.74) is 1.15. The molecule has 0 aliphatic carbocycles. The van der Waals surface area contributed by atoms with Gasteiger partial charge in [-0.25, -0.2) is 4.98 Å². The summed E-state index contributed by atoms with van der Waals surface area (Å²) >= 11 is 6.01. The highest BCUT2D eigenvalue weighted by Gasteiger charge is 2.15. The standard InChI is InChI=1S/C23H18ClN3O4/c24-17-12-10-16(11-13-17)22-25-19-7-2-1-6-18(19)23(28)26(22)14-5-15-31-21-9-4-3-8-20(21)27(29)30/h1-4,6-13H,5,14-15H2. The third-order valence-corrected chi connectivity index (χ3v) is 5.06. The zero-order valence-electron chi connectivity index (χ0n) is 16.4. The number of nitro benzene ring substituents is 1. The van der Waals surface area contributed by atoms with Gasteiger partial charge in [0, 0.05) is 23.2 Å². The van der Waals surface area contributed by atoms with Gasteiger partial charge in [0.25, 0.3) is 5.56 Å². The van der Waals surface area contributed by atoms with E-state index in [4.69, 9.17) is 21.3 Å². The minimum atomic E-state index is -0.480. The maximum Gasteiger partial charge on any atom is 0.310 e. The first-order chi connectivity index (χ1) is 15.0. The van der Waals surface area contributed by atoms with Crippen LogP contribution in [0.5, 0.6) is 5.75 Å². The number of rotatable bonds is 7. The van der Waals surface area contributed by atoms with Crippen LogP contribution >= 0.6 is 11.6 Å². The highest BCUT2D eigenvalue weighted by Crippen LogP contribution is 2.26. The third kappa shape index (κ3) is 4.41. The number of ether oxygens (including phenoxy) is 1. The predicted molar refractivity (Wildman–Crippen MR) is 120 cm³/mol. The summed E-state index contributed by atoms with van der Waals surface area (Å²) in [4.78, 5) is 28.5. The van der Waals surface area contributed by atoms with Gasteiger partial charge in [-0.1, -0.05) is 35.9 Å². The fourth-order valence-electron chi connectivity index (χ4n) is 3.33. The van der Waals surface area contributed by atoms with Crippen molar-refractivity contribution in [3.63, 3.8) is 0 Å². The highest BCUT2D eigenvalue weighted by atomic mass is 35.5. The molecule has 0 amide bonds. The average Bonchev–Trinajstić information content (AvgIpc) is 2.78. The van der Waals surface area contributed by atoms with E-state index < -0.39 is 4.92 Å². The van der Waals surface area contributed by atoms with Crippen LogP contribution in [0.15, 0.2) is 77.6 Å². The quantitative estimate of drug-likeness (QED) is 0.229. The molecule has 8 heteroatoms.